The van der Waals surface area contributed by atoms with Crippen molar-refractivity contribution < 1.29 is 0 Å². The highest BCUT2D eigenvalue weighted by Gasteiger charge is 2.28. The second kappa shape index (κ2) is 7.23. The maximum Gasteiger partial charge on any atom is 0.0492 e. The first-order valence-corrected chi connectivity index (χ1v) is 8.04. The Labute approximate surface area is 123 Å². The zero-order chi connectivity index (χ0) is 14.5. The normalized spacial score (nSPS) is 25.1. The van der Waals surface area contributed by atoms with Crippen molar-refractivity contribution in [2.75, 3.05) is 0 Å². The molecule has 1 aliphatic rings. The van der Waals surface area contributed by atoms with Gasteiger partial charge in [0.2, 0.25) is 0 Å². The Balaban J connectivity index is 1.82. The van der Waals surface area contributed by atoms with Crippen LogP contribution in [0.3, 0.4) is 0 Å². The van der Waals surface area contributed by atoms with Crippen molar-refractivity contribution in [1.82, 2.24) is 15.2 Å². The molecule has 1 aliphatic carbocycles. The number of nitrogens with zero attached hydrogens (tertiary/aromatic N) is 2. The number of hydrogen-bond donors (Lipinski definition) is 2. The van der Waals surface area contributed by atoms with Gasteiger partial charge in [0, 0.05) is 25.0 Å². The van der Waals surface area contributed by atoms with Gasteiger partial charge in [0.1, 0.15) is 0 Å². The molecule has 0 amide bonds. The van der Waals surface area contributed by atoms with Crippen LogP contribution in [0.15, 0.2) is 12.3 Å². The lowest BCUT2D eigenvalue weighted by atomic mass is 9.74. The lowest BCUT2D eigenvalue weighted by Crippen LogP contribution is -2.42. The van der Waals surface area contributed by atoms with Crippen LogP contribution in [0.2, 0.25) is 0 Å². The maximum atomic E-state index is 5.80. The fourth-order valence-electron chi connectivity index (χ4n) is 3.62. The van der Waals surface area contributed by atoms with E-state index in [1.54, 1.807) is 0 Å². The minimum absolute atomic E-state index is 0.443. The number of rotatable bonds is 6. The van der Waals surface area contributed by atoms with Crippen LogP contribution in [0.4, 0.5) is 0 Å². The highest BCUT2D eigenvalue weighted by atomic mass is 15.3. The third kappa shape index (κ3) is 3.83. The zero-order valence-corrected chi connectivity index (χ0v) is 13.2. The van der Waals surface area contributed by atoms with Crippen LogP contribution in [-0.4, -0.2) is 15.8 Å². The molecule has 0 spiro atoms. The van der Waals surface area contributed by atoms with Gasteiger partial charge < -0.3 is 0 Å². The number of aryl methyl sites for hydroxylation is 2. The lowest BCUT2D eigenvalue weighted by molar-refractivity contribution is 0.184. The summed E-state index contributed by atoms with van der Waals surface area (Å²) < 4.78 is 1.96. The Morgan fingerprint density at radius 3 is 2.45 bits per heavy atom. The average Bonchev–Trinajstić information content (AvgIpc) is 2.85. The number of nitrogens with two attached hydrogens (primary N) is 1. The van der Waals surface area contributed by atoms with Crippen molar-refractivity contribution in [3.63, 3.8) is 0 Å². The topological polar surface area (TPSA) is 55.9 Å². The fraction of sp³-hybridized carbons (Fsp3) is 0.812. The van der Waals surface area contributed by atoms with Gasteiger partial charge in [0.15, 0.2) is 0 Å². The van der Waals surface area contributed by atoms with E-state index >= 15 is 0 Å². The molecule has 1 unspecified atom stereocenters. The molecule has 2 rings (SSSR count). The number of nitrogens with one attached hydrogen (secondary N) is 1. The van der Waals surface area contributed by atoms with E-state index < -0.39 is 0 Å². The summed E-state index contributed by atoms with van der Waals surface area (Å²) in [6, 6.07) is 2.54. The molecule has 4 heteroatoms. The molecular weight excluding hydrogens is 248 g/mol. The molecule has 1 aromatic rings. The van der Waals surface area contributed by atoms with E-state index in [0.29, 0.717) is 6.04 Å². The Morgan fingerprint density at radius 1 is 1.30 bits per heavy atom. The third-order valence-corrected chi connectivity index (χ3v) is 5.18. The quantitative estimate of drug-likeness (QED) is 0.621. The standard InChI is InChI=1S/C16H30N4/c1-12(2)13-4-6-14(7-5-13)16(19-17)9-8-15-10-11-18-20(15)3/h10-14,16,19H,4-9,17H2,1-3H3. The average molecular weight is 278 g/mol. The molecule has 20 heavy (non-hydrogen) atoms. The summed E-state index contributed by atoms with van der Waals surface area (Å²) in [5.41, 5.74) is 4.36. The fourth-order valence-corrected chi connectivity index (χ4v) is 3.62. The molecule has 0 aliphatic heterocycles. The van der Waals surface area contributed by atoms with Crippen LogP contribution in [0.5, 0.6) is 0 Å². The van der Waals surface area contributed by atoms with E-state index in [-0.39, 0.29) is 0 Å². The van der Waals surface area contributed by atoms with Gasteiger partial charge in [0.05, 0.1) is 0 Å². The predicted molar refractivity (Wildman–Crippen MR) is 82.9 cm³/mol. The van der Waals surface area contributed by atoms with E-state index in [9.17, 15) is 0 Å². The van der Waals surface area contributed by atoms with Crippen LogP contribution in [-0.2, 0) is 13.5 Å². The molecule has 0 bridgehead atoms. The highest BCUT2D eigenvalue weighted by molar-refractivity contribution is 5.00. The van der Waals surface area contributed by atoms with Gasteiger partial charge in [-0.1, -0.05) is 13.8 Å². The monoisotopic (exact) mass is 278 g/mol. The molecule has 0 radical (unpaired) electrons. The SMILES string of the molecule is CC(C)C1CCC(C(CCc2ccnn2C)NN)CC1. The minimum atomic E-state index is 0.443. The maximum absolute atomic E-state index is 5.80. The predicted octanol–water partition coefficient (Wildman–Crippen LogP) is 2.65. The summed E-state index contributed by atoms with van der Waals surface area (Å²) in [5, 5.41) is 4.23. The second-order valence-corrected chi connectivity index (χ2v) is 6.68. The van der Waals surface area contributed by atoms with Gasteiger partial charge in [0.25, 0.3) is 0 Å². The van der Waals surface area contributed by atoms with Gasteiger partial charge in [-0.3, -0.25) is 16.0 Å². The molecule has 1 fully saturated rings. The Morgan fingerprint density at radius 2 is 1.95 bits per heavy atom. The van der Waals surface area contributed by atoms with E-state index in [4.69, 9.17) is 5.84 Å². The van der Waals surface area contributed by atoms with Gasteiger partial charge in [-0.05, 0) is 62.3 Å². The molecule has 1 saturated carbocycles. The van der Waals surface area contributed by atoms with E-state index in [0.717, 1.165) is 30.6 Å². The second-order valence-electron chi connectivity index (χ2n) is 6.68. The van der Waals surface area contributed by atoms with Crippen molar-refractivity contribution in [3.05, 3.63) is 18.0 Å². The Bertz CT molecular complexity index is 391. The largest absolute Gasteiger partial charge is 0.273 e. The van der Waals surface area contributed by atoms with E-state index in [1.165, 1.54) is 31.4 Å². The summed E-state index contributed by atoms with van der Waals surface area (Å²) in [6.07, 6.45) is 9.40. The van der Waals surface area contributed by atoms with E-state index in [1.807, 2.05) is 17.9 Å². The summed E-state index contributed by atoms with van der Waals surface area (Å²) in [4.78, 5) is 0. The van der Waals surface area contributed by atoms with Gasteiger partial charge >= 0.3 is 0 Å². The van der Waals surface area contributed by atoms with Gasteiger partial charge in [-0.15, -0.1) is 0 Å². The Hall–Kier alpha value is -0.870. The van der Waals surface area contributed by atoms with Crippen LogP contribution >= 0.6 is 0 Å². The molecule has 1 heterocycles. The smallest absolute Gasteiger partial charge is 0.0492 e. The summed E-state index contributed by atoms with van der Waals surface area (Å²) in [7, 11) is 2.01. The van der Waals surface area contributed by atoms with Crippen molar-refractivity contribution in [2.45, 2.75) is 58.4 Å². The highest BCUT2D eigenvalue weighted by Crippen LogP contribution is 2.35. The molecule has 4 nitrogen and oxygen atoms in total. The first-order chi connectivity index (χ1) is 9.61. The van der Waals surface area contributed by atoms with E-state index in [2.05, 4.69) is 30.4 Å². The summed E-state index contributed by atoms with van der Waals surface area (Å²) in [6.45, 7) is 4.71. The summed E-state index contributed by atoms with van der Waals surface area (Å²) in [5.74, 6) is 8.29. The first kappa shape index (κ1) is 15.5. The summed E-state index contributed by atoms with van der Waals surface area (Å²) >= 11 is 0. The van der Waals surface area contributed by atoms with Gasteiger partial charge in [-0.25, -0.2) is 0 Å². The van der Waals surface area contributed by atoms with Gasteiger partial charge in [-0.2, -0.15) is 5.10 Å². The Kier molecular flexibility index (Phi) is 5.61. The van der Waals surface area contributed by atoms with Crippen LogP contribution < -0.4 is 11.3 Å². The minimum Gasteiger partial charge on any atom is -0.273 e. The lowest BCUT2D eigenvalue weighted by Gasteiger charge is -2.35. The van der Waals surface area contributed by atoms with Crippen molar-refractivity contribution in [3.8, 4) is 0 Å². The zero-order valence-electron chi connectivity index (χ0n) is 13.2. The number of hydrazine groups is 1. The van der Waals surface area contributed by atoms with Crippen LogP contribution in [0, 0.1) is 17.8 Å². The molecule has 0 saturated heterocycles. The number of hydrogen-bond acceptors (Lipinski definition) is 3. The number of aromatic nitrogens is 2. The molecule has 1 aromatic heterocycles. The van der Waals surface area contributed by atoms with Crippen molar-refractivity contribution in [1.29, 1.82) is 0 Å². The third-order valence-electron chi connectivity index (χ3n) is 5.18. The van der Waals surface area contributed by atoms with Crippen LogP contribution in [0.25, 0.3) is 0 Å². The van der Waals surface area contributed by atoms with Crippen LogP contribution in [0.1, 0.15) is 51.6 Å². The van der Waals surface area contributed by atoms with Crippen molar-refractivity contribution >= 4 is 0 Å². The van der Waals surface area contributed by atoms with Crippen molar-refractivity contribution in [2.24, 2.45) is 30.6 Å². The molecule has 0 aromatic carbocycles. The molecule has 1 atom stereocenters. The molecule has 114 valence electrons. The molecular formula is C16H30N4. The first-order valence-electron chi connectivity index (χ1n) is 8.04. The molecule has 3 N–H and O–H groups in total.